The molecule has 0 saturated carbocycles. The molecule has 0 radical (unpaired) electrons. The molecule has 1 N–H and O–H groups in total. The van der Waals surface area contributed by atoms with Gasteiger partial charge in [-0.1, -0.05) is 6.42 Å². The fraction of sp³-hybridized carbons (Fsp3) is 0.778. The number of thiocarbonyl (C=S) groups is 1. The van der Waals surface area contributed by atoms with E-state index in [9.17, 15) is 4.79 Å². The normalized spacial score (nSPS) is 24.1. The zero-order valence-corrected chi connectivity index (χ0v) is 8.98. The van der Waals surface area contributed by atoms with Crippen molar-refractivity contribution >= 4 is 23.2 Å². The summed E-state index contributed by atoms with van der Waals surface area (Å²) in [6.45, 7) is 3.22. The van der Waals surface area contributed by atoms with Gasteiger partial charge in [0.2, 0.25) is 5.91 Å². The molecule has 0 atom stereocenters. The molecule has 78 valence electrons. The van der Waals surface area contributed by atoms with Crippen LogP contribution in [0.5, 0.6) is 0 Å². The summed E-state index contributed by atoms with van der Waals surface area (Å²) in [4.78, 5) is 15.4. The molecule has 1 amide bonds. The van der Waals surface area contributed by atoms with Gasteiger partial charge in [0.1, 0.15) is 0 Å². The van der Waals surface area contributed by atoms with Crippen LogP contribution in [0.25, 0.3) is 0 Å². The number of carbonyl (C=O) groups is 1. The van der Waals surface area contributed by atoms with Crippen LogP contribution in [0.3, 0.4) is 0 Å². The predicted molar refractivity (Wildman–Crippen MR) is 57.7 cm³/mol. The minimum absolute atomic E-state index is 0.0978. The summed E-state index contributed by atoms with van der Waals surface area (Å²) in [5.41, 5.74) is 0. The number of piperidine rings is 1. The molecular weight excluding hydrogens is 198 g/mol. The number of nitrogens with one attached hydrogen (secondary N) is 1. The highest BCUT2D eigenvalue weighted by atomic mass is 32.1. The highest BCUT2D eigenvalue weighted by Crippen LogP contribution is 2.10. The van der Waals surface area contributed by atoms with E-state index < -0.39 is 0 Å². The van der Waals surface area contributed by atoms with Crippen LogP contribution in [0.1, 0.15) is 19.3 Å². The Morgan fingerprint density at radius 2 is 2.00 bits per heavy atom. The third-order valence-electron chi connectivity index (χ3n) is 2.73. The molecule has 4 nitrogen and oxygen atoms in total. The molecule has 0 aliphatic carbocycles. The van der Waals surface area contributed by atoms with Crippen molar-refractivity contribution in [2.45, 2.75) is 19.3 Å². The summed E-state index contributed by atoms with van der Waals surface area (Å²) in [5.74, 6) is 0.0978. The van der Waals surface area contributed by atoms with E-state index in [1.165, 1.54) is 19.3 Å². The quantitative estimate of drug-likeness (QED) is 0.662. The molecule has 0 bridgehead atoms. The molecule has 0 aromatic rings. The topological polar surface area (TPSA) is 35.6 Å². The number of carbonyl (C=O) groups excluding carboxylic acids is 1. The van der Waals surface area contributed by atoms with Crippen LogP contribution in [0.15, 0.2) is 0 Å². The smallest absolute Gasteiger partial charge is 0.249 e. The summed E-state index contributed by atoms with van der Waals surface area (Å²) >= 11 is 5.05. The van der Waals surface area contributed by atoms with Gasteiger partial charge in [-0.3, -0.25) is 14.6 Å². The van der Waals surface area contributed by atoms with Crippen LogP contribution in [-0.4, -0.2) is 47.1 Å². The molecule has 0 aromatic heterocycles. The van der Waals surface area contributed by atoms with Gasteiger partial charge in [-0.15, -0.1) is 0 Å². The van der Waals surface area contributed by atoms with E-state index in [2.05, 4.69) is 10.2 Å². The third kappa shape index (κ3) is 2.04. The first-order valence-electron chi connectivity index (χ1n) is 5.08. The van der Waals surface area contributed by atoms with Crippen molar-refractivity contribution < 1.29 is 4.79 Å². The molecule has 5 heteroatoms. The second-order valence-electron chi connectivity index (χ2n) is 3.80. The van der Waals surface area contributed by atoms with Crippen LogP contribution >= 0.6 is 12.2 Å². The fourth-order valence-corrected chi connectivity index (χ4v) is 2.13. The van der Waals surface area contributed by atoms with Gasteiger partial charge in [-0.05, 0) is 38.1 Å². The lowest BCUT2D eigenvalue weighted by Gasteiger charge is -2.29. The van der Waals surface area contributed by atoms with E-state index in [4.69, 9.17) is 12.2 Å². The van der Waals surface area contributed by atoms with Crippen molar-refractivity contribution in [2.24, 2.45) is 0 Å². The van der Waals surface area contributed by atoms with Gasteiger partial charge < -0.3 is 5.32 Å². The standard InChI is InChI=1S/C9H15N3OS/c13-8-6-10-9(14)12(8)7-11-4-2-1-3-5-11/h1-7H2,(H,10,14). The summed E-state index contributed by atoms with van der Waals surface area (Å²) in [7, 11) is 0. The number of nitrogens with zero attached hydrogens (tertiary/aromatic N) is 2. The minimum atomic E-state index is 0.0978. The molecule has 14 heavy (non-hydrogen) atoms. The van der Waals surface area contributed by atoms with Gasteiger partial charge in [0.25, 0.3) is 0 Å². The zero-order chi connectivity index (χ0) is 9.97. The van der Waals surface area contributed by atoms with Gasteiger partial charge in [0.15, 0.2) is 5.11 Å². The van der Waals surface area contributed by atoms with Gasteiger partial charge in [0.05, 0.1) is 13.2 Å². The average molecular weight is 213 g/mol. The highest BCUT2D eigenvalue weighted by molar-refractivity contribution is 7.80. The first-order chi connectivity index (χ1) is 6.77. The van der Waals surface area contributed by atoms with Crippen molar-refractivity contribution in [2.75, 3.05) is 26.3 Å². The van der Waals surface area contributed by atoms with Crippen LogP contribution < -0.4 is 5.32 Å². The summed E-state index contributed by atoms with van der Waals surface area (Å²) in [6.07, 6.45) is 3.79. The SMILES string of the molecule is O=C1CNC(=S)N1CN1CCCCC1. The number of hydrogen-bond donors (Lipinski definition) is 1. The molecular formula is C9H15N3OS. The largest absolute Gasteiger partial charge is 0.353 e. The van der Waals surface area contributed by atoms with Crippen molar-refractivity contribution in [1.82, 2.24) is 15.1 Å². The molecule has 0 spiro atoms. The van der Waals surface area contributed by atoms with Gasteiger partial charge in [-0.25, -0.2) is 0 Å². The Labute approximate surface area is 89.2 Å². The van der Waals surface area contributed by atoms with E-state index in [-0.39, 0.29) is 5.91 Å². The second-order valence-corrected chi connectivity index (χ2v) is 4.19. The van der Waals surface area contributed by atoms with Crippen LogP contribution in [0.2, 0.25) is 0 Å². The third-order valence-corrected chi connectivity index (χ3v) is 3.09. The first-order valence-corrected chi connectivity index (χ1v) is 5.49. The Balaban J connectivity index is 1.89. The van der Waals surface area contributed by atoms with Crippen molar-refractivity contribution in [3.63, 3.8) is 0 Å². The maximum Gasteiger partial charge on any atom is 0.249 e. The Hall–Kier alpha value is -0.680. The fourth-order valence-electron chi connectivity index (χ4n) is 1.90. The molecule has 2 rings (SSSR count). The number of likely N-dealkylation sites (tertiary alicyclic amines) is 1. The Morgan fingerprint density at radius 3 is 2.57 bits per heavy atom. The monoisotopic (exact) mass is 213 g/mol. The summed E-state index contributed by atoms with van der Waals surface area (Å²) in [5, 5.41) is 3.47. The highest BCUT2D eigenvalue weighted by Gasteiger charge is 2.27. The molecule has 2 aliphatic heterocycles. The maximum atomic E-state index is 11.4. The number of hydrogen-bond acceptors (Lipinski definition) is 3. The summed E-state index contributed by atoms with van der Waals surface area (Å²) in [6, 6.07) is 0. The Kier molecular flexibility index (Phi) is 2.98. The Morgan fingerprint density at radius 1 is 1.29 bits per heavy atom. The maximum absolute atomic E-state index is 11.4. The lowest BCUT2D eigenvalue weighted by Crippen LogP contribution is -2.43. The number of rotatable bonds is 2. The van der Waals surface area contributed by atoms with E-state index in [1.54, 1.807) is 4.90 Å². The second kappa shape index (κ2) is 4.23. The van der Waals surface area contributed by atoms with Crippen LogP contribution in [0.4, 0.5) is 0 Å². The van der Waals surface area contributed by atoms with E-state index in [1.807, 2.05) is 0 Å². The molecule has 2 heterocycles. The summed E-state index contributed by atoms with van der Waals surface area (Å²) < 4.78 is 0. The molecule has 0 unspecified atom stereocenters. The minimum Gasteiger partial charge on any atom is -0.353 e. The van der Waals surface area contributed by atoms with Gasteiger partial charge in [0, 0.05) is 0 Å². The molecule has 2 aliphatic rings. The van der Waals surface area contributed by atoms with E-state index in [0.29, 0.717) is 18.3 Å². The Bertz CT molecular complexity index is 234. The predicted octanol–water partition coefficient (Wildman–Crippen LogP) is 0.147. The molecule has 0 aromatic carbocycles. The van der Waals surface area contributed by atoms with E-state index >= 15 is 0 Å². The lowest BCUT2D eigenvalue weighted by molar-refractivity contribution is -0.126. The average Bonchev–Trinajstić information content (AvgIpc) is 2.51. The van der Waals surface area contributed by atoms with Crippen LogP contribution in [0, 0.1) is 0 Å². The zero-order valence-electron chi connectivity index (χ0n) is 8.16. The van der Waals surface area contributed by atoms with E-state index in [0.717, 1.165) is 13.1 Å². The van der Waals surface area contributed by atoms with Crippen molar-refractivity contribution in [3.05, 3.63) is 0 Å². The van der Waals surface area contributed by atoms with Crippen LogP contribution in [-0.2, 0) is 4.79 Å². The first kappa shape index (κ1) is 9.86. The van der Waals surface area contributed by atoms with Gasteiger partial charge in [-0.2, -0.15) is 0 Å². The van der Waals surface area contributed by atoms with Crippen molar-refractivity contribution in [1.29, 1.82) is 0 Å². The molecule has 2 fully saturated rings. The molecule has 2 saturated heterocycles. The van der Waals surface area contributed by atoms with Crippen molar-refractivity contribution in [3.8, 4) is 0 Å². The lowest BCUT2D eigenvalue weighted by atomic mass is 10.1. The van der Waals surface area contributed by atoms with Gasteiger partial charge >= 0.3 is 0 Å². The number of amides is 1.